The Balaban J connectivity index is 2.23. The fourth-order valence-corrected chi connectivity index (χ4v) is 1.92. The first-order chi connectivity index (χ1) is 9.27. The number of anilines is 1. The maximum absolute atomic E-state index is 8.67. The second kappa shape index (κ2) is 9.58. The molecular formula is C14H22N2O2S. The molecule has 19 heavy (non-hydrogen) atoms. The Labute approximate surface area is 120 Å². The van der Waals surface area contributed by atoms with Crippen molar-refractivity contribution >= 4 is 23.0 Å². The number of methoxy groups -OCH3 is 1. The van der Waals surface area contributed by atoms with E-state index in [9.17, 15) is 0 Å². The average Bonchev–Trinajstić information content (AvgIpc) is 2.43. The van der Waals surface area contributed by atoms with Crippen molar-refractivity contribution in [2.24, 2.45) is 0 Å². The molecule has 0 amide bonds. The number of benzene rings is 1. The SMILES string of the molecule is COc1ccccc1NC(=S)NCCCCCCO. The molecule has 0 bridgehead atoms. The number of rotatable bonds is 8. The quantitative estimate of drug-likeness (QED) is 0.505. The van der Waals surface area contributed by atoms with Crippen molar-refractivity contribution in [2.45, 2.75) is 25.7 Å². The van der Waals surface area contributed by atoms with Crippen LogP contribution in [0.1, 0.15) is 25.7 Å². The summed E-state index contributed by atoms with van der Waals surface area (Å²) < 4.78 is 5.24. The number of nitrogens with one attached hydrogen (secondary N) is 2. The minimum absolute atomic E-state index is 0.279. The number of unbranched alkanes of at least 4 members (excludes halogenated alkanes) is 3. The summed E-state index contributed by atoms with van der Waals surface area (Å²) in [4.78, 5) is 0. The van der Waals surface area contributed by atoms with Crippen molar-refractivity contribution in [1.82, 2.24) is 5.32 Å². The Hall–Kier alpha value is -1.33. The van der Waals surface area contributed by atoms with Crippen molar-refractivity contribution in [2.75, 3.05) is 25.6 Å². The Morgan fingerprint density at radius 1 is 1.21 bits per heavy atom. The molecule has 0 fully saturated rings. The van der Waals surface area contributed by atoms with Gasteiger partial charge in [0, 0.05) is 13.2 Å². The van der Waals surface area contributed by atoms with Gasteiger partial charge in [-0.05, 0) is 37.2 Å². The van der Waals surface area contributed by atoms with E-state index in [1.807, 2.05) is 24.3 Å². The van der Waals surface area contributed by atoms with Gasteiger partial charge in [-0.2, -0.15) is 0 Å². The van der Waals surface area contributed by atoms with Crippen molar-refractivity contribution in [3.05, 3.63) is 24.3 Å². The van der Waals surface area contributed by atoms with Gasteiger partial charge in [-0.1, -0.05) is 25.0 Å². The van der Waals surface area contributed by atoms with Gasteiger partial charge in [-0.25, -0.2) is 0 Å². The molecule has 0 radical (unpaired) electrons. The van der Waals surface area contributed by atoms with E-state index in [1.165, 1.54) is 0 Å². The van der Waals surface area contributed by atoms with Crippen LogP contribution < -0.4 is 15.4 Å². The topological polar surface area (TPSA) is 53.5 Å². The number of ether oxygens (including phenoxy) is 1. The lowest BCUT2D eigenvalue weighted by Crippen LogP contribution is -2.29. The molecule has 0 spiro atoms. The van der Waals surface area contributed by atoms with Crippen LogP contribution in [0.5, 0.6) is 5.75 Å². The van der Waals surface area contributed by atoms with Crippen LogP contribution in [0, 0.1) is 0 Å². The summed E-state index contributed by atoms with van der Waals surface area (Å²) in [6.45, 7) is 1.12. The van der Waals surface area contributed by atoms with Crippen LogP contribution in [0.25, 0.3) is 0 Å². The molecule has 4 nitrogen and oxygen atoms in total. The van der Waals surface area contributed by atoms with Crippen LogP contribution in [0.4, 0.5) is 5.69 Å². The molecule has 0 saturated carbocycles. The molecule has 1 rings (SSSR count). The molecule has 0 atom stereocenters. The first-order valence-electron chi connectivity index (χ1n) is 6.56. The average molecular weight is 282 g/mol. The monoisotopic (exact) mass is 282 g/mol. The minimum Gasteiger partial charge on any atom is -0.495 e. The summed E-state index contributed by atoms with van der Waals surface area (Å²) in [5.74, 6) is 0.773. The van der Waals surface area contributed by atoms with Crippen molar-refractivity contribution in [3.8, 4) is 5.75 Å². The Kier molecular flexibility index (Phi) is 7.93. The first kappa shape index (κ1) is 15.7. The number of hydrogen-bond acceptors (Lipinski definition) is 3. The maximum Gasteiger partial charge on any atom is 0.170 e. The van der Waals surface area contributed by atoms with E-state index in [0.717, 1.165) is 43.7 Å². The number of hydrogen-bond donors (Lipinski definition) is 3. The van der Waals surface area contributed by atoms with E-state index < -0.39 is 0 Å². The van der Waals surface area contributed by atoms with E-state index >= 15 is 0 Å². The van der Waals surface area contributed by atoms with Crippen LogP contribution in [-0.2, 0) is 0 Å². The fourth-order valence-electron chi connectivity index (χ4n) is 1.71. The third-order valence-electron chi connectivity index (χ3n) is 2.73. The molecule has 0 aliphatic rings. The predicted molar refractivity (Wildman–Crippen MR) is 82.8 cm³/mol. The molecule has 0 aliphatic carbocycles. The normalized spacial score (nSPS) is 10.0. The highest BCUT2D eigenvalue weighted by atomic mass is 32.1. The molecule has 0 aromatic heterocycles. The molecular weight excluding hydrogens is 260 g/mol. The van der Waals surface area contributed by atoms with E-state index in [2.05, 4.69) is 10.6 Å². The van der Waals surface area contributed by atoms with Gasteiger partial charge in [0.25, 0.3) is 0 Å². The summed E-state index contributed by atoms with van der Waals surface area (Å²) in [5, 5.41) is 15.6. The number of aliphatic hydroxyl groups is 1. The smallest absolute Gasteiger partial charge is 0.170 e. The van der Waals surface area contributed by atoms with Crippen LogP contribution >= 0.6 is 12.2 Å². The minimum atomic E-state index is 0.279. The van der Waals surface area contributed by atoms with Crippen molar-refractivity contribution in [3.63, 3.8) is 0 Å². The molecule has 0 aliphatic heterocycles. The van der Waals surface area contributed by atoms with Gasteiger partial charge in [0.2, 0.25) is 0 Å². The van der Waals surface area contributed by atoms with Crippen molar-refractivity contribution in [1.29, 1.82) is 0 Å². The summed E-state index contributed by atoms with van der Waals surface area (Å²) in [6.07, 6.45) is 4.09. The van der Waals surface area contributed by atoms with E-state index in [1.54, 1.807) is 7.11 Å². The molecule has 5 heteroatoms. The van der Waals surface area contributed by atoms with Gasteiger partial charge in [-0.15, -0.1) is 0 Å². The van der Waals surface area contributed by atoms with Gasteiger partial charge in [0.05, 0.1) is 12.8 Å². The Bertz CT molecular complexity index is 385. The summed E-state index contributed by atoms with van der Waals surface area (Å²) in [5.41, 5.74) is 0.864. The fraction of sp³-hybridized carbons (Fsp3) is 0.500. The van der Waals surface area contributed by atoms with Crippen molar-refractivity contribution < 1.29 is 9.84 Å². The van der Waals surface area contributed by atoms with Gasteiger partial charge < -0.3 is 20.5 Å². The van der Waals surface area contributed by atoms with Crippen LogP contribution in [0.2, 0.25) is 0 Å². The number of thiocarbonyl (C=S) groups is 1. The molecule has 0 unspecified atom stereocenters. The lowest BCUT2D eigenvalue weighted by Gasteiger charge is -2.13. The van der Waals surface area contributed by atoms with Gasteiger partial charge in [0.15, 0.2) is 5.11 Å². The van der Waals surface area contributed by atoms with Gasteiger partial charge >= 0.3 is 0 Å². The highest BCUT2D eigenvalue weighted by molar-refractivity contribution is 7.80. The lowest BCUT2D eigenvalue weighted by atomic mass is 10.2. The highest BCUT2D eigenvalue weighted by Crippen LogP contribution is 2.22. The molecule has 1 aromatic rings. The molecule has 106 valence electrons. The second-order valence-electron chi connectivity index (χ2n) is 4.22. The molecule has 0 heterocycles. The third-order valence-corrected chi connectivity index (χ3v) is 2.97. The van der Waals surface area contributed by atoms with Crippen LogP contribution in [-0.4, -0.2) is 30.5 Å². The third kappa shape index (κ3) is 6.40. The maximum atomic E-state index is 8.67. The lowest BCUT2D eigenvalue weighted by molar-refractivity contribution is 0.282. The molecule has 3 N–H and O–H groups in total. The molecule has 0 saturated heterocycles. The first-order valence-corrected chi connectivity index (χ1v) is 6.97. The summed E-state index contributed by atoms with van der Waals surface area (Å²) in [6, 6.07) is 7.66. The van der Waals surface area contributed by atoms with E-state index in [4.69, 9.17) is 22.1 Å². The van der Waals surface area contributed by atoms with E-state index in [-0.39, 0.29) is 6.61 Å². The number of para-hydroxylation sites is 2. The predicted octanol–water partition coefficient (Wildman–Crippen LogP) is 2.53. The Morgan fingerprint density at radius 3 is 2.68 bits per heavy atom. The zero-order valence-electron chi connectivity index (χ0n) is 11.3. The van der Waals surface area contributed by atoms with Crippen LogP contribution in [0.15, 0.2) is 24.3 Å². The van der Waals surface area contributed by atoms with Crippen LogP contribution in [0.3, 0.4) is 0 Å². The molecule has 1 aromatic carbocycles. The highest BCUT2D eigenvalue weighted by Gasteiger charge is 2.02. The van der Waals surface area contributed by atoms with Gasteiger partial charge in [0.1, 0.15) is 5.75 Å². The zero-order chi connectivity index (χ0) is 13.9. The number of aliphatic hydroxyl groups excluding tert-OH is 1. The second-order valence-corrected chi connectivity index (χ2v) is 4.63. The summed E-state index contributed by atoms with van der Waals surface area (Å²) >= 11 is 5.23. The standard InChI is InChI=1S/C14H22N2O2S/c1-18-13-9-5-4-8-12(13)16-14(19)15-10-6-2-3-7-11-17/h4-5,8-9,17H,2-3,6-7,10-11H2,1H3,(H2,15,16,19). The summed E-state index contributed by atoms with van der Waals surface area (Å²) in [7, 11) is 1.64. The zero-order valence-corrected chi connectivity index (χ0v) is 12.1. The van der Waals surface area contributed by atoms with E-state index in [0.29, 0.717) is 5.11 Å². The Morgan fingerprint density at radius 2 is 1.95 bits per heavy atom. The van der Waals surface area contributed by atoms with Gasteiger partial charge in [-0.3, -0.25) is 0 Å². The largest absolute Gasteiger partial charge is 0.495 e.